The molecule has 0 aliphatic heterocycles. The SMILES string of the molecule is C=CCc1ccccc1OCC(=C)CNCCC. The van der Waals surface area contributed by atoms with Crippen LogP contribution in [0.3, 0.4) is 0 Å². The van der Waals surface area contributed by atoms with Gasteiger partial charge in [-0.3, -0.25) is 0 Å². The van der Waals surface area contributed by atoms with E-state index in [1.54, 1.807) is 0 Å². The third kappa shape index (κ3) is 5.19. The van der Waals surface area contributed by atoms with E-state index in [0.29, 0.717) is 6.61 Å². The summed E-state index contributed by atoms with van der Waals surface area (Å²) in [4.78, 5) is 0. The van der Waals surface area contributed by atoms with E-state index >= 15 is 0 Å². The van der Waals surface area contributed by atoms with E-state index in [4.69, 9.17) is 4.74 Å². The molecular weight excluding hydrogens is 222 g/mol. The highest BCUT2D eigenvalue weighted by Gasteiger charge is 2.02. The first-order chi connectivity index (χ1) is 8.77. The molecule has 1 aromatic rings. The minimum absolute atomic E-state index is 0.560. The van der Waals surface area contributed by atoms with Gasteiger partial charge in [-0.05, 0) is 36.6 Å². The van der Waals surface area contributed by atoms with Gasteiger partial charge in [-0.25, -0.2) is 0 Å². The van der Waals surface area contributed by atoms with E-state index < -0.39 is 0 Å². The van der Waals surface area contributed by atoms with Crippen LogP contribution in [-0.4, -0.2) is 19.7 Å². The molecule has 1 N–H and O–H groups in total. The maximum absolute atomic E-state index is 5.79. The van der Waals surface area contributed by atoms with Crippen molar-refractivity contribution in [3.8, 4) is 5.75 Å². The molecule has 2 nitrogen and oxygen atoms in total. The lowest BCUT2D eigenvalue weighted by Gasteiger charge is -2.12. The fourth-order valence-corrected chi connectivity index (χ4v) is 1.64. The first-order valence-electron chi connectivity index (χ1n) is 6.47. The zero-order chi connectivity index (χ0) is 13.2. The lowest BCUT2D eigenvalue weighted by molar-refractivity contribution is 0.345. The predicted molar refractivity (Wildman–Crippen MR) is 78.1 cm³/mol. The minimum Gasteiger partial charge on any atom is -0.489 e. The molecule has 0 aliphatic rings. The van der Waals surface area contributed by atoms with E-state index in [9.17, 15) is 0 Å². The molecule has 0 unspecified atom stereocenters. The Balaban J connectivity index is 2.42. The first-order valence-corrected chi connectivity index (χ1v) is 6.47. The van der Waals surface area contributed by atoms with Crippen molar-refractivity contribution in [2.24, 2.45) is 0 Å². The molecule has 2 heteroatoms. The highest BCUT2D eigenvalue weighted by Crippen LogP contribution is 2.19. The smallest absolute Gasteiger partial charge is 0.123 e. The summed E-state index contributed by atoms with van der Waals surface area (Å²) in [6.45, 7) is 12.3. The Labute approximate surface area is 110 Å². The molecule has 0 amide bonds. The number of ether oxygens (including phenoxy) is 1. The molecule has 0 aromatic heterocycles. The average molecular weight is 245 g/mol. The van der Waals surface area contributed by atoms with Crippen molar-refractivity contribution in [3.63, 3.8) is 0 Å². The molecule has 0 spiro atoms. The number of hydrogen-bond acceptors (Lipinski definition) is 2. The normalized spacial score (nSPS) is 10.1. The third-order valence-electron chi connectivity index (χ3n) is 2.57. The van der Waals surface area contributed by atoms with Crippen molar-refractivity contribution >= 4 is 0 Å². The number of benzene rings is 1. The van der Waals surface area contributed by atoms with Crippen molar-refractivity contribution in [1.82, 2.24) is 5.32 Å². The lowest BCUT2D eigenvalue weighted by atomic mass is 10.1. The van der Waals surface area contributed by atoms with Crippen LogP contribution in [0.4, 0.5) is 0 Å². The van der Waals surface area contributed by atoms with Gasteiger partial charge in [-0.15, -0.1) is 6.58 Å². The molecule has 0 heterocycles. The second-order valence-corrected chi connectivity index (χ2v) is 4.32. The monoisotopic (exact) mass is 245 g/mol. The molecule has 1 aromatic carbocycles. The van der Waals surface area contributed by atoms with Crippen molar-refractivity contribution in [2.75, 3.05) is 19.7 Å². The molecule has 0 aliphatic carbocycles. The largest absolute Gasteiger partial charge is 0.489 e. The summed E-state index contributed by atoms with van der Waals surface area (Å²) in [7, 11) is 0. The number of nitrogens with one attached hydrogen (secondary N) is 1. The van der Waals surface area contributed by atoms with Gasteiger partial charge in [0, 0.05) is 6.54 Å². The van der Waals surface area contributed by atoms with E-state index in [0.717, 1.165) is 37.3 Å². The summed E-state index contributed by atoms with van der Waals surface area (Å²) < 4.78 is 5.79. The van der Waals surface area contributed by atoms with Gasteiger partial charge in [-0.2, -0.15) is 0 Å². The molecule has 98 valence electrons. The van der Waals surface area contributed by atoms with Crippen LogP contribution >= 0.6 is 0 Å². The summed E-state index contributed by atoms with van der Waals surface area (Å²) in [6, 6.07) is 8.06. The Bertz CT molecular complexity index is 384. The fraction of sp³-hybridized carbons (Fsp3) is 0.375. The Kier molecular flexibility index (Phi) is 6.89. The van der Waals surface area contributed by atoms with E-state index in [1.165, 1.54) is 5.56 Å². The molecule has 18 heavy (non-hydrogen) atoms. The fourth-order valence-electron chi connectivity index (χ4n) is 1.64. The van der Waals surface area contributed by atoms with Gasteiger partial charge in [-0.1, -0.05) is 37.8 Å². The summed E-state index contributed by atoms with van der Waals surface area (Å²) in [5.74, 6) is 0.925. The number of hydrogen-bond donors (Lipinski definition) is 1. The average Bonchev–Trinajstić information content (AvgIpc) is 2.38. The van der Waals surface area contributed by atoms with Crippen molar-refractivity contribution in [3.05, 3.63) is 54.6 Å². The van der Waals surface area contributed by atoms with Crippen LogP contribution in [0.5, 0.6) is 5.75 Å². The minimum atomic E-state index is 0.560. The van der Waals surface area contributed by atoms with Crippen LogP contribution < -0.4 is 10.1 Å². The van der Waals surface area contributed by atoms with Crippen LogP contribution in [0.2, 0.25) is 0 Å². The number of para-hydroxylation sites is 1. The van der Waals surface area contributed by atoms with Crippen LogP contribution in [0.15, 0.2) is 49.1 Å². The van der Waals surface area contributed by atoms with Crippen molar-refractivity contribution in [1.29, 1.82) is 0 Å². The highest BCUT2D eigenvalue weighted by molar-refractivity contribution is 5.34. The highest BCUT2D eigenvalue weighted by atomic mass is 16.5. The van der Waals surface area contributed by atoms with Gasteiger partial charge < -0.3 is 10.1 Å². The predicted octanol–water partition coefficient (Wildman–Crippen LogP) is 3.35. The molecule has 1 rings (SSSR count). The van der Waals surface area contributed by atoms with Gasteiger partial charge >= 0.3 is 0 Å². The molecule has 0 saturated heterocycles. The van der Waals surface area contributed by atoms with E-state index in [2.05, 4.69) is 31.5 Å². The van der Waals surface area contributed by atoms with Gasteiger partial charge in [0.15, 0.2) is 0 Å². The maximum Gasteiger partial charge on any atom is 0.123 e. The molecular formula is C16H23NO. The zero-order valence-electron chi connectivity index (χ0n) is 11.2. The topological polar surface area (TPSA) is 21.3 Å². The van der Waals surface area contributed by atoms with Crippen LogP contribution in [0, 0.1) is 0 Å². The van der Waals surface area contributed by atoms with Crippen molar-refractivity contribution < 1.29 is 4.74 Å². The van der Waals surface area contributed by atoms with Crippen LogP contribution in [0.1, 0.15) is 18.9 Å². The molecule has 0 radical (unpaired) electrons. The molecule has 0 saturated carbocycles. The van der Waals surface area contributed by atoms with Gasteiger partial charge in [0.2, 0.25) is 0 Å². The van der Waals surface area contributed by atoms with Crippen LogP contribution in [-0.2, 0) is 6.42 Å². The van der Waals surface area contributed by atoms with Crippen LogP contribution in [0.25, 0.3) is 0 Å². The summed E-state index contributed by atoms with van der Waals surface area (Å²) in [5, 5.41) is 3.32. The van der Waals surface area contributed by atoms with E-state index in [1.807, 2.05) is 24.3 Å². The van der Waals surface area contributed by atoms with Gasteiger partial charge in [0.1, 0.15) is 12.4 Å². The third-order valence-corrected chi connectivity index (χ3v) is 2.57. The quantitative estimate of drug-likeness (QED) is 0.532. The molecule has 0 bridgehead atoms. The van der Waals surface area contributed by atoms with Gasteiger partial charge in [0.25, 0.3) is 0 Å². The second kappa shape index (κ2) is 8.54. The van der Waals surface area contributed by atoms with Crippen molar-refractivity contribution in [2.45, 2.75) is 19.8 Å². The summed E-state index contributed by atoms with van der Waals surface area (Å²) >= 11 is 0. The summed E-state index contributed by atoms with van der Waals surface area (Å²) in [5.41, 5.74) is 2.23. The zero-order valence-corrected chi connectivity index (χ0v) is 11.2. The standard InChI is InChI=1S/C16H23NO/c1-4-8-15-9-6-7-10-16(15)18-13-14(3)12-17-11-5-2/h4,6-7,9-10,17H,1,3,5,8,11-13H2,2H3. The summed E-state index contributed by atoms with van der Waals surface area (Å²) in [6.07, 6.45) is 3.85. The Hall–Kier alpha value is -1.54. The second-order valence-electron chi connectivity index (χ2n) is 4.32. The maximum atomic E-state index is 5.79. The Morgan fingerprint density at radius 1 is 1.39 bits per heavy atom. The van der Waals surface area contributed by atoms with E-state index in [-0.39, 0.29) is 0 Å². The number of allylic oxidation sites excluding steroid dienone is 1. The Morgan fingerprint density at radius 3 is 2.89 bits per heavy atom. The Morgan fingerprint density at radius 2 is 2.17 bits per heavy atom. The first kappa shape index (κ1) is 14.5. The van der Waals surface area contributed by atoms with Gasteiger partial charge in [0.05, 0.1) is 0 Å². The lowest BCUT2D eigenvalue weighted by Crippen LogP contribution is -2.20. The number of rotatable bonds is 9. The molecule has 0 atom stereocenters. The molecule has 0 fully saturated rings.